The number of nitrogens with zero attached hydrogens (tertiary/aromatic N) is 8. The van der Waals surface area contributed by atoms with E-state index in [0.29, 0.717) is 56.1 Å². The van der Waals surface area contributed by atoms with E-state index in [1.807, 2.05) is 11.8 Å². The number of hydrogen-bond acceptors (Lipinski definition) is 8. The van der Waals surface area contributed by atoms with Crippen LogP contribution in [-0.2, 0) is 17.9 Å². The van der Waals surface area contributed by atoms with Gasteiger partial charge in [-0.3, -0.25) is 9.59 Å². The zero-order valence-electron chi connectivity index (χ0n) is 15.5. The molecule has 0 bridgehead atoms. The summed E-state index contributed by atoms with van der Waals surface area (Å²) in [5.74, 6) is 0.624. The SMILES string of the molecule is CCn1nnc2c(N3CC(C(=O)NCCCn4ncccc4=O)C3)ncnc21. The Morgan fingerprint density at radius 2 is 2.14 bits per heavy atom. The van der Waals surface area contributed by atoms with Crippen LogP contribution in [0.4, 0.5) is 5.82 Å². The normalized spacial score (nSPS) is 14.2. The number of carbonyl (C=O) groups is 1. The summed E-state index contributed by atoms with van der Waals surface area (Å²) < 4.78 is 3.11. The molecule has 0 spiro atoms. The maximum atomic E-state index is 12.3. The largest absolute Gasteiger partial charge is 0.356 e. The van der Waals surface area contributed by atoms with Crippen molar-refractivity contribution in [2.75, 3.05) is 24.5 Å². The van der Waals surface area contributed by atoms with Crippen molar-refractivity contribution in [3.63, 3.8) is 0 Å². The first-order valence-electron chi connectivity index (χ1n) is 9.26. The first-order chi connectivity index (χ1) is 13.7. The Bertz CT molecular complexity index is 1040. The molecule has 28 heavy (non-hydrogen) atoms. The summed E-state index contributed by atoms with van der Waals surface area (Å²) >= 11 is 0. The van der Waals surface area contributed by atoms with Crippen molar-refractivity contribution in [1.29, 1.82) is 0 Å². The van der Waals surface area contributed by atoms with Crippen molar-refractivity contribution in [2.24, 2.45) is 5.92 Å². The maximum Gasteiger partial charge on any atom is 0.266 e. The number of nitrogens with one attached hydrogen (secondary N) is 1. The Morgan fingerprint density at radius 1 is 1.29 bits per heavy atom. The van der Waals surface area contributed by atoms with E-state index in [1.165, 1.54) is 17.1 Å². The van der Waals surface area contributed by atoms with Crippen molar-refractivity contribution in [1.82, 2.24) is 40.1 Å². The van der Waals surface area contributed by atoms with Crippen molar-refractivity contribution >= 4 is 22.9 Å². The molecule has 1 N–H and O–H groups in total. The molecule has 3 aromatic rings. The van der Waals surface area contributed by atoms with Crippen LogP contribution in [0.25, 0.3) is 11.2 Å². The summed E-state index contributed by atoms with van der Waals surface area (Å²) in [5, 5.41) is 15.2. The van der Waals surface area contributed by atoms with Gasteiger partial charge in [-0.2, -0.15) is 5.10 Å². The predicted molar refractivity (Wildman–Crippen MR) is 101 cm³/mol. The molecule has 0 aromatic carbocycles. The molecule has 1 amide bonds. The topological polar surface area (TPSA) is 124 Å². The van der Waals surface area contributed by atoms with E-state index < -0.39 is 0 Å². The number of anilines is 1. The molecule has 0 radical (unpaired) electrons. The lowest BCUT2D eigenvalue weighted by molar-refractivity contribution is -0.125. The molecule has 1 fully saturated rings. The monoisotopic (exact) mass is 383 g/mol. The van der Waals surface area contributed by atoms with Crippen molar-refractivity contribution in [3.8, 4) is 0 Å². The highest BCUT2D eigenvalue weighted by atomic mass is 16.2. The molecule has 1 aliphatic heterocycles. The van der Waals surface area contributed by atoms with E-state index in [0.717, 1.165) is 0 Å². The van der Waals surface area contributed by atoms with Gasteiger partial charge in [0.1, 0.15) is 6.33 Å². The highest BCUT2D eigenvalue weighted by molar-refractivity contribution is 5.86. The zero-order chi connectivity index (χ0) is 19.5. The van der Waals surface area contributed by atoms with Crippen molar-refractivity contribution in [3.05, 3.63) is 35.0 Å². The van der Waals surface area contributed by atoms with Gasteiger partial charge in [0.25, 0.3) is 5.56 Å². The minimum absolute atomic E-state index is 0.00660. The predicted octanol–water partition coefficient (Wildman–Crippen LogP) is -0.559. The summed E-state index contributed by atoms with van der Waals surface area (Å²) in [6.07, 6.45) is 3.72. The number of aryl methyl sites for hydroxylation is 2. The average Bonchev–Trinajstić information content (AvgIpc) is 3.09. The average molecular weight is 383 g/mol. The van der Waals surface area contributed by atoms with Crippen LogP contribution in [0, 0.1) is 5.92 Å². The first kappa shape index (κ1) is 18.0. The maximum absolute atomic E-state index is 12.3. The van der Waals surface area contributed by atoms with Gasteiger partial charge in [0.2, 0.25) is 5.91 Å². The Balaban J connectivity index is 1.27. The highest BCUT2D eigenvalue weighted by Crippen LogP contribution is 2.27. The number of fused-ring (bicyclic) bond motifs is 1. The number of amides is 1. The quantitative estimate of drug-likeness (QED) is 0.539. The molecule has 1 aliphatic rings. The van der Waals surface area contributed by atoms with E-state index in [1.54, 1.807) is 16.9 Å². The smallest absolute Gasteiger partial charge is 0.266 e. The van der Waals surface area contributed by atoms with E-state index >= 15 is 0 Å². The third-order valence-corrected chi connectivity index (χ3v) is 4.76. The van der Waals surface area contributed by atoms with Gasteiger partial charge in [0.15, 0.2) is 17.0 Å². The molecule has 0 saturated carbocycles. The Hall–Kier alpha value is -3.37. The van der Waals surface area contributed by atoms with Gasteiger partial charge in [-0.05, 0) is 19.4 Å². The van der Waals surface area contributed by atoms with Crippen LogP contribution in [0.2, 0.25) is 0 Å². The lowest BCUT2D eigenvalue weighted by Gasteiger charge is -2.38. The van der Waals surface area contributed by atoms with Crippen molar-refractivity contribution < 1.29 is 4.79 Å². The fourth-order valence-corrected chi connectivity index (χ4v) is 3.18. The van der Waals surface area contributed by atoms with Crippen LogP contribution in [0.1, 0.15) is 13.3 Å². The molecule has 1 saturated heterocycles. The minimum atomic E-state index is -0.139. The number of rotatable bonds is 7. The molecule has 11 heteroatoms. The summed E-state index contributed by atoms with van der Waals surface area (Å²) in [6, 6.07) is 3.08. The Labute approximate surface area is 160 Å². The van der Waals surface area contributed by atoms with Gasteiger partial charge >= 0.3 is 0 Å². The molecule has 146 valence electrons. The second-order valence-corrected chi connectivity index (χ2v) is 6.61. The molecular formula is C17H21N9O2. The number of aromatic nitrogens is 7. The molecule has 0 aliphatic carbocycles. The number of hydrogen-bond donors (Lipinski definition) is 1. The van der Waals surface area contributed by atoms with Gasteiger partial charge in [0.05, 0.1) is 5.92 Å². The lowest BCUT2D eigenvalue weighted by Crippen LogP contribution is -2.54. The molecule has 4 rings (SSSR count). The van der Waals surface area contributed by atoms with E-state index in [-0.39, 0.29) is 17.4 Å². The van der Waals surface area contributed by atoms with Gasteiger partial charge in [-0.1, -0.05) is 5.21 Å². The highest BCUT2D eigenvalue weighted by Gasteiger charge is 2.34. The molecule has 11 nitrogen and oxygen atoms in total. The van der Waals surface area contributed by atoms with E-state index in [2.05, 4.69) is 30.7 Å². The second-order valence-electron chi connectivity index (χ2n) is 6.61. The molecule has 0 atom stereocenters. The van der Waals surface area contributed by atoms with Crippen LogP contribution in [0.5, 0.6) is 0 Å². The van der Waals surface area contributed by atoms with Crippen LogP contribution >= 0.6 is 0 Å². The van der Waals surface area contributed by atoms with Gasteiger partial charge in [-0.15, -0.1) is 5.10 Å². The van der Waals surface area contributed by atoms with Crippen molar-refractivity contribution in [2.45, 2.75) is 26.4 Å². The third kappa shape index (κ3) is 3.42. The summed E-state index contributed by atoms with van der Waals surface area (Å²) in [4.78, 5) is 34.5. The Kier molecular flexibility index (Phi) is 4.96. The summed E-state index contributed by atoms with van der Waals surface area (Å²) in [6.45, 7) is 4.80. The number of carbonyl (C=O) groups excluding carboxylic acids is 1. The van der Waals surface area contributed by atoms with Gasteiger partial charge < -0.3 is 10.2 Å². The first-order valence-corrected chi connectivity index (χ1v) is 9.26. The van der Waals surface area contributed by atoms with Crippen LogP contribution in [0.3, 0.4) is 0 Å². The molecule has 3 aromatic heterocycles. The van der Waals surface area contributed by atoms with E-state index in [4.69, 9.17) is 0 Å². The minimum Gasteiger partial charge on any atom is -0.356 e. The van der Waals surface area contributed by atoms with E-state index in [9.17, 15) is 9.59 Å². The third-order valence-electron chi connectivity index (χ3n) is 4.76. The standard InChI is InChI=1S/C17H21N9O2/c1-2-25-16-14(22-23-25)15(19-11-20-16)24-9-12(10-24)17(28)18-6-4-8-26-13(27)5-3-7-21-26/h3,5,7,11-12H,2,4,6,8-10H2,1H3,(H,18,28). The lowest BCUT2D eigenvalue weighted by atomic mass is 9.99. The fraction of sp³-hybridized carbons (Fsp3) is 0.471. The van der Waals surface area contributed by atoms with Crippen LogP contribution in [-0.4, -0.2) is 60.3 Å². The van der Waals surface area contributed by atoms with Gasteiger partial charge in [-0.25, -0.2) is 19.3 Å². The molecule has 0 unspecified atom stereocenters. The van der Waals surface area contributed by atoms with Crippen LogP contribution < -0.4 is 15.8 Å². The summed E-state index contributed by atoms with van der Waals surface area (Å²) in [7, 11) is 0. The summed E-state index contributed by atoms with van der Waals surface area (Å²) in [5.41, 5.74) is 1.22. The molecular weight excluding hydrogens is 362 g/mol. The zero-order valence-corrected chi connectivity index (χ0v) is 15.5. The van der Waals surface area contributed by atoms with Gasteiger partial charge in [0, 0.05) is 45.0 Å². The van der Waals surface area contributed by atoms with Crippen LogP contribution in [0.15, 0.2) is 29.5 Å². The molecule has 4 heterocycles. The Morgan fingerprint density at radius 3 is 2.93 bits per heavy atom. The fourth-order valence-electron chi connectivity index (χ4n) is 3.18. The second kappa shape index (κ2) is 7.71.